The minimum atomic E-state index is 0.154. The number of rotatable bonds is 4. The van der Waals surface area contributed by atoms with Gasteiger partial charge >= 0.3 is 0 Å². The molecular formula is C19H20ClN3O. The van der Waals surface area contributed by atoms with Crippen molar-refractivity contribution in [3.05, 3.63) is 47.5 Å². The Morgan fingerprint density at radius 3 is 2.50 bits per heavy atom. The van der Waals surface area contributed by atoms with Gasteiger partial charge in [-0.3, -0.25) is 0 Å². The van der Waals surface area contributed by atoms with E-state index in [1.54, 1.807) is 18.2 Å². The van der Waals surface area contributed by atoms with Crippen LogP contribution in [-0.2, 0) is 0 Å². The molecule has 0 saturated heterocycles. The summed E-state index contributed by atoms with van der Waals surface area (Å²) >= 11 is 6.13. The van der Waals surface area contributed by atoms with Crippen LogP contribution in [0.15, 0.2) is 42.5 Å². The average molecular weight is 342 g/mol. The molecule has 0 aliphatic rings. The fourth-order valence-electron chi connectivity index (χ4n) is 2.38. The number of hydrogen-bond acceptors (Lipinski definition) is 4. The highest BCUT2D eigenvalue weighted by Gasteiger charge is 2.15. The summed E-state index contributed by atoms with van der Waals surface area (Å²) in [5.74, 6) is 1.83. The van der Waals surface area contributed by atoms with Gasteiger partial charge in [0.05, 0.1) is 11.1 Å². The minimum absolute atomic E-state index is 0.154. The van der Waals surface area contributed by atoms with E-state index >= 15 is 0 Å². The molecule has 0 fully saturated rings. The fraction of sp³-hybridized carbons (Fsp3) is 0.263. The van der Waals surface area contributed by atoms with E-state index < -0.39 is 0 Å². The van der Waals surface area contributed by atoms with Crippen LogP contribution in [0.4, 0.5) is 5.82 Å². The Kier molecular flexibility index (Phi) is 4.58. The van der Waals surface area contributed by atoms with Crippen molar-refractivity contribution in [2.24, 2.45) is 5.92 Å². The lowest BCUT2D eigenvalue weighted by atomic mass is 10.1. The topological polar surface area (TPSA) is 58.0 Å². The highest BCUT2D eigenvalue weighted by molar-refractivity contribution is 6.31. The lowest BCUT2D eigenvalue weighted by Gasteiger charge is -2.20. The highest BCUT2D eigenvalue weighted by atomic mass is 35.5. The van der Waals surface area contributed by atoms with Crippen LogP contribution in [0.1, 0.15) is 20.8 Å². The first kappa shape index (κ1) is 16.5. The number of benzene rings is 2. The molecule has 5 heteroatoms. The van der Waals surface area contributed by atoms with Crippen molar-refractivity contribution in [3.63, 3.8) is 0 Å². The molecule has 0 radical (unpaired) electrons. The molecule has 0 unspecified atom stereocenters. The molecule has 124 valence electrons. The van der Waals surface area contributed by atoms with Crippen LogP contribution in [0.5, 0.6) is 5.75 Å². The van der Waals surface area contributed by atoms with Crippen molar-refractivity contribution >= 4 is 28.3 Å². The van der Waals surface area contributed by atoms with Crippen molar-refractivity contribution in [1.29, 1.82) is 0 Å². The molecule has 0 bridgehead atoms. The molecule has 24 heavy (non-hydrogen) atoms. The number of halogens is 1. The summed E-state index contributed by atoms with van der Waals surface area (Å²) in [5.41, 5.74) is 1.34. The van der Waals surface area contributed by atoms with Gasteiger partial charge in [0.25, 0.3) is 0 Å². The SMILES string of the molecule is CC(C)[C@@H](C)Nc1nc(-c2ccccc2O)nc2cc(Cl)ccc12. The summed E-state index contributed by atoms with van der Waals surface area (Å²) in [6.45, 7) is 6.43. The van der Waals surface area contributed by atoms with Crippen molar-refractivity contribution < 1.29 is 5.11 Å². The lowest BCUT2D eigenvalue weighted by Crippen LogP contribution is -2.22. The van der Waals surface area contributed by atoms with Gasteiger partial charge in [-0.2, -0.15) is 0 Å². The summed E-state index contributed by atoms with van der Waals surface area (Å²) < 4.78 is 0. The van der Waals surface area contributed by atoms with E-state index in [2.05, 4.69) is 36.1 Å². The number of para-hydroxylation sites is 1. The molecule has 0 amide bonds. The van der Waals surface area contributed by atoms with E-state index in [1.165, 1.54) is 0 Å². The summed E-state index contributed by atoms with van der Waals surface area (Å²) in [7, 11) is 0. The fourth-order valence-corrected chi connectivity index (χ4v) is 2.54. The number of nitrogens with zero attached hydrogens (tertiary/aromatic N) is 2. The molecule has 1 heterocycles. The smallest absolute Gasteiger partial charge is 0.165 e. The van der Waals surface area contributed by atoms with Crippen molar-refractivity contribution in [1.82, 2.24) is 9.97 Å². The Labute approximate surface area is 146 Å². The van der Waals surface area contributed by atoms with Gasteiger partial charge in [0.2, 0.25) is 0 Å². The molecule has 0 saturated carbocycles. The molecule has 3 rings (SSSR count). The van der Waals surface area contributed by atoms with E-state index in [0.717, 1.165) is 16.7 Å². The van der Waals surface area contributed by atoms with Crippen LogP contribution in [0.2, 0.25) is 5.02 Å². The number of nitrogens with one attached hydrogen (secondary N) is 1. The second kappa shape index (κ2) is 6.65. The Balaban J connectivity index is 2.19. The predicted molar refractivity (Wildman–Crippen MR) is 99.6 cm³/mol. The lowest BCUT2D eigenvalue weighted by molar-refractivity contribution is 0.477. The number of phenols is 1. The third-order valence-electron chi connectivity index (χ3n) is 4.17. The summed E-state index contributed by atoms with van der Waals surface area (Å²) in [6.07, 6.45) is 0. The molecule has 1 aromatic heterocycles. The zero-order valence-electron chi connectivity index (χ0n) is 13.9. The van der Waals surface area contributed by atoms with Crippen molar-refractivity contribution in [2.75, 3.05) is 5.32 Å². The first-order valence-corrected chi connectivity index (χ1v) is 8.35. The monoisotopic (exact) mass is 341 g/mol. The highest BCUT2D eigenvalue weighted by Crippen LogP contribution is 2.31. The van der Waals surface area contributed by atoms with E-state index in [9.17, 15) is 5.11 Å². The number of anilines is 1. The molecule has 2 aromatic carbocycles. The third kappa shape index (κ3) is 3.29. The number of fused-ring (bicyclic) bond motifs is 1. The summed E-state index contributed by atoms with van der Waals surface area (Å²) in [5, 5.41) is 15.1. The van der Waals surface area contributed by atoms with E-state index in [1.807, 2.05) is 24.3 Å². The van der Waals surface area contributed by atoms with Gasteiger partial charge in [0.1, 0.15) is 11.6 Å². The predicted octanol–water partition coefficient (Wildman–Crippen LogP) is 5.11. The summed E-state index contributed by atoms with van der Waals surface area (Å²) in [4.78, 5) is 9.24. The van der Waals surface area contributed by atoms with Gasteiger partial charge in [0.15, 0.2) is 5.82 Å². The number of hydrogen-bond donors (Lipinski definition) is 2. The van der Waals surface area contributed by atoms with Crippen LogP contribution in [-0.4, -0.2) is 21.1 Å². The number of aromatic nitrogens is 2. The van der Waals surface area contributed by atoms with Crippen LogP contribution in [0, 0.1) is 5.92 Å². The number of phenolic OH excluding ortho intramolecular Hbond substituents is 1. The van der Waals surface area contributed by atoms with Gasteiger partial charge in [-0.05, 0) is 43.2 Å². The van der Waals surface area contributed by atoms with E-state index in [-0.39, 0.29) is 11.8 Å². The van der Waals surface area contributed by atoms with Crippen LogP contribution >= 0.6 is 11.6 Å². The Bertz CT molecular complexity index is 880. The van der Waals surface area contributed by atoms with Crippen LogP contribution in [0.25, 0.3) is 22.3 Å². The maximum absolute atomic E-state index is 10.1. The molecule has 0 aliphatic heterocycles. The average Bonchev–Trinajstić information content (AvgIpc) is 2.54. The summed E-state index contributed by atoms with van der Waals surface area (Å²) in [6, 6.07) is 12.9. The molecule has 2 N–H and O–H groups in total. The molecule has 3 aromatic rings. The van der Waals surface area contributed by atoms with E-state index in [0.29, 0.717) is 22.3 Å². The third-order valence-corrected chi connectivity index (χ3v) is 4.40. The Hall–Kier alpha value is -2.33. The van der Waals surface area contributed by atoms with Gasteiger partial charge in [-0.1, -0.05) is 37.6 Å². The molecule has 0 spiro atoms. The first-order valence-electron chi connectivity index (χ1n) is 7.98. The largest absolute Gasteiger partial charge is 0.507 e. The molecule has 4 nitrogen and oxygen atoms in total. The molecular weight excluding hydrogens is 322 g/mol. The molecule has 1 atom stereocenters. The Morgan fingerprint density at radius 1 is 1.04 bits per heavy atom. The molecule has 0 aliphatic carbocycles. The standard InChI is InChI=1S/C19H20ClN3O/c1-11(2)12(3)21-18-14-9-8-13(20)10-16(14)22-19(23-18)15-6-4-5-7-17(15)24/h4-12,24H,1-3H3,(H,21,22,23)/t12-/m1/s1. The van der Waals surface area contributed by atoms with E-state index in [4.69, 9.17) is 11.6 Å². The first-order chi connectivity index (χ1) is 11.5. The van der Waals surface area contributed by atoms with Gasteiger partial charge in [-0.15, -0.1) is 0 Å². The van der Waals surface area contributed by atoms with Crippen LogP contribution in [0.3, 0.4) is 0 Å². The zero-order chi connectivity index (χ0) is 17.3. The number of aromatic hydroxyl groups is 1. The Morgan fingerprint density at radius 2 is 1.79 bits per heavy atom. The second-order valence-corrected chi connectivity index (χ2v) is 6.69. The maximum atomic E-state index is 10.1. The van der Waals surface area contributed by atoms with Crippen LogP contribution < -0.4 is 5.32 Å². The van der Waals surface area contributed by atoms with Crippen molar-refractivity contribution in [3.8, 4) is 17.1 Å². The normalized spacial score (nSPS) is 12.5. The maximum Gasteiger partial charge on any atom is 0.165 e. The van der Waals surface area contributed by atoms with Crippen molar-refractivity contribution in [2.45, 2.75) is 26.8 Å². The van der Waals surface area contributed by atoms with Gasteiger partial charge < -0.3 is 10.4 Å². The zero-order valence-corrected chi connectivity index (χ0v) is 14.7. The minimum Gasteiger partial charge on any atom is -0.507 e. The quantitative estimate of drug-likeness (QED) is 0.692. The van der Waals surface area contributed by atoms with Gasteiger partial charge in [0, 0.05) is 16.5 Å². The second-order valence-electron chi connectivity index (χ2n) is 6.25. The van der Waals surface area contributed by atoms with Gasteiger partial charge in [-0.25, -0.2) is 9.97 Å².